The topological polar surface area (TPSA) is 121 Å². The fourth-order valence-electron chi connectivity index (χ4n) is 0.439. The van der Waals surface area contributed by atoms with Crippen LogP contribution in [0, 0.1) is 0 Å². The van der Waals surface area contributed by atoms with Crippen LogP contribution in [0.3, 0.4) is 0 Å². The first-order chi connectivity index (χ1) is 4.95. The molecule has 0 saturated carbocycles. The van der Waals surface area contributed by atoms with Crippen LogP contribution in [-0.4, -0.2) is 34.4 Å². The van der Waals surface area contributed by atoms with E-state index < -0.39 is 30.6 Å². The summed E-state index contributed by atoms with van der Waals surface area (Å²) in [6.45, 7) is 0. The van der Waals surface area contributed by atoms with E-state index in [4.69, 9.17) is 10.2 Å². The minimum atomic E-state index is -2.19. The summed E-state index contributed by atoms with van der Waals surface area (Å²) in [6.07, 6.45) is -5.01. The van der Waals surface area contributed by atoms with Gasteiger partial charge in [0.1, 0.15) is 6.10 Å². The fraction of sp³-hybridized carbons (Fsp3) is 0.600. The fourth-order valence-corrected chi connectivity index (χ4v) is 0.439. The highest BCUT2D eigenvalue weighted by molar-refractivity contribution is 5.72. The molecule has 0 heterocycles. The number of hydrogen-bond acceptors (Lipinski definition) is 6. The van der Waals surface area contributed by atoms with E-state index in [1.807, 2.05) is 0 Å². The summed E-state index contributed by atoms with van der Waals surface area (Å²) in [7, 11) is 0. The van der Waals surface area contributed by atoms with Crippen LogP contribution >= 0.6 is 0 Å². The van der Waals surface area contributed by atoms with Crippen molar-refractivity contribution in [2.45, 2.75) is 18.6 Å². The summed E-state index contributed by atoms with van der Waals surface area (Å²) in [5, 5.41) is 36.5. The minimum Gasteiger partial charge on any atom is -0.550 e. The van der Waals surface area contributed by atoms with Gasteiger partial charge in [0.2, 0.25) is 0 Å². The van der Waals surface area contributed by atoms with Crippen LogP contribution in [-0.2, 0) is 9.59 Å². The predicted octanol–water partition coefficient (Wildman–Crippen LogP) is -4.40. The zero-order valence-electron chi connectivity index (χ0n) is 5.39. The minimum absolute atomic E-state index is 0.935. The van der Waals surface area contributed by atoms with E-state index in [0.717, 1.165) is 0 Å². The van der Waals surface area contributed by atoms with Gasteiger partial charge in [0.25, 0.3) is 0 Å². The molecular formula is C5H6O6-2. The van der Waals surface area contributed by atoms with E-state index in [0.29, 0.717) is 0 Å². The van der Waals surface area contributed by atoms with Crippen molar-refractivity contribution in [3.8, 4) is 0 Å². The van der Waals surface area contributed by atoms with E-state index >= 15 is 0 Å². The van der Waals surface area contributed by atoms with Gasteiger partial charge in [0.05, 0.1) is 12.1 Å². The first kappa shape index (κ1) is 9.86. The van der Waals surface area contributed by atoms with Crippen molar-refractivity contribution in [2.75, 3.05) is 0 Å². The molecule has 0 aliphatic rings. The quantitative estimate of drug-likeness (QED) is 0.430. The van der Waals surface area contributed by atoms with Crippen molar-refractivity contribution < 1.29 is 30.0 Å². The van der Waals surface area contributed by atoms with E-state index in [2.05, 4.69) is 0 Å². The van der Waals surface area contributed by atoms with Crippen LogP contribution in [0.25, 0.3) is 0 Å². The molecule has 0 spiro atoms. The molecule has 6 heteroatoms. The van der Waals surface area contributed by atoms with Gasteiger partial charge in [0, 0.05) is 12.4 Å². The Morgan fingerprint density at radius 1 is 1.27 bits per heavy atom. The number of aliphatic hydroxyl groups excluding tert-OH is 2. The Morgan fingerprint density at radius 3 is 2.00 bits per heavy atom. The molecule has 0 fully saturated rings. The van der Waals surface area contributed by atoms with Gasteiger partial charge in [-0.3, -0.25) is 0 Å². The third kappa shape index (κ3) is 3.54. The molecule has 0 aliphatic heterocycles. The molecule has 0 aliphatic carbocycles. The van der Waals surface area contributed by atoms with Gasteiger partial charge >= 0.3 is 0 Å². The molecule has 2 unspecified atom stereocenters. The number of carboxylic acid groups (broad SMARTS) is 2. The molecule has 0 saturated heterocycles. The van der Waals surface area contributed by atoms with Crippen LogP contribution in [0.1, 0.15) is 6.42 Å². The highest BCUT2D eigenvalue weighted by Gasteiger charge is 2.16. The molecule has 0 radical (unpaired) electrons. The molecule has 2 atom stereocenters. The summed E-state index contributed by atoms with van der Waals surface area (Å²) < 4.78 is 0. The Hall–Kier alpha value is -1.14. The number of carboxylic acids is 2. The monoisotopic (exact) mass is 162 g/mol. The molecule has 11 heavy (non-hydrogen) atoms. The third-order valence-corrected chi connectivity index (χ3v) is 0.982. The summed E-state index contributed by atoms with van der Waals surface area (Å²) >= 11 is 0. The van der Waals surface area contributed by atoms with Crippen LogP contribution in [0.4, 0.5) is 0 Å². The maximum atomic E-state index is 9.79. The molecule has 0 aromatic heterocycles. The second-order valence-electron chi connectivity index (χ2n) is 1.91. The first-order valence-electron chi connectivity index (χ1n) is 2.72. The molecule has 0 bridgehead atoms. The van der Waals surface area contributed by atoms with Crippen LogP contribution in [0.15, 0.2) is 0 Å². The standard InChI is InChI=1S/C5H8O6/c6-2(1-3(7)8)4(9)5(10)11/h2,4,6,9H,1H2,(H,7,8)(H,10,11)/p-2. The molecule has 6 nitrogen and oxygen atoms in total. The second-order valence-corrected chi connectivity index (χ2v) is 1.91. The normalized spacial score (nSPS) is 15.5. The molecule has 2 N–H and O–H groups in total. The highest BCUT2D eigenvalue weighted by Crippen LogP contribution is 1.96. The smallest absolute Gasteiger partial charge is 0.119 e. The summed E-state index contributed by atoms with van der Waals surface area (Å²) in [6, 6.07) is 0. The lowest BCUT2D eigenvalue weighted by Crippen LogP contribution is -2.45. The third-order valence-electron chi connectivity index (χ3n) is 0.982. The van der Waals surface area contributed by atoms with Crippen LogP contribution in [0.2, 0.25) is 0 Å². The van der Waals surface area contributed by atoms with E-state index in [1.54, 1.807) is 0 Å². The Labute approximate surface area is 61.7 Å². The maximum Gasteiger partial charge on any atom is 0.119 e. The number of carbonyl (C=O) groups is 2. The predicted molar refractivity (Wildman–Crippen MR) is 26.6 cm³/mol. The SMILES string of the molecule is O=C([O-])CC(O)C(O)C(=O)[O-]. The zero-order chi connectivity index (χ0) is 9.02. The van der Waals surface area contributed by atoms with Crippen molar-refractivity contribution in [3.63, 3.8) is 0 Å². The summed E-state index contributed by atoms with van der Waals surface area (Å²) in [4.78, 5) is 19.5. The van der Waals surface area contributed by atoms with Gasteiger partial charge in [0.15, 0.2) is 0 Å². The Kier molecular flexibility index (Phi) is 3.49. The van der Waals surface area contributed by atoms with Gasteiger partial charge < -0.3 is 30.0 Å². The lowest BCUT2D eigenvalue weighted by atomic mass is 10.1. The Bertz CT molecular complexity index is 164. The van der Waals surface area contributed by atoms with Crippen molar-refractivity contribution >= 4 is 11.9 Å². The lowest BCUT2D eigenvalue weighted by Gasteiger charge is -2.18. The molecule has 64 valence electrons. The summed E-state index contributed by atoms with van der Waals surface area (Å²) in [5.74, 6) is -3.56. The van der Waals surface area contributed by atoms with Gasteiger partial charge in [-0.25, -0.2) is 0 Å². The molecular weight excluding hydrogens is 156 g/mol. The second kappa shape index (κ2) is 3.89. The zero-order valence-corrected chi connectivity index (χ0v) is 5.39. The largest absolute Gasteiger partial charge is 0.550 e. The Balaban J connectivity index is 3.92. The van der Waals surface area contributed by atoms with Crippen molar-refractivity contribution in [1.82, 2.24) is 0 Å². The Morgan fingerprint density at radius 2 is 1.73 bits per heavy atom. The molecule has 0 aromatic carbocycles. The van der Waals surface area contributed by atoms with Crippen molar-refractivity contribution in [3.05, 3.63) is 0 Å². The first-order valence-corrected chi connectivity index (χ1v) is 2.72. The van der Waals surface area contributed by atoms with E-state index in [1.165, 1.54) is 0 Å². The van der Waals surface area contributed by atoms with Gasteiger partial charge in [-0.15, -0.1) is 0 Å². The van der Waals surface area contributed by atoms with Crippen LogP contribution in [0.5, 0.6) is 0 Å². The van der Waals surface area contributed by atoms with Gasteiger partial charge in [-0.1, -0.05) is 0 Å². The summed E-state index contributed by atoms with van der Waals surface area (Å²) in [5.41, 5.74) is 0. The van der Waals surface area contributed by atoms with E-state index in [-0.39, 0.29) is 0 Å². The van der Waals surface area contributed by atoms with E-state index in [9.17, 15) is 19.8 Å². The molecule has 0 rings (SSSR count). The number of aliphatic hydroxyl groups is 2. The molecule has 0 aromatic rings. The van der Waals surface area contributed by atoms with Crippen molar-refractivity contribution in [2.24, 2.45) is 0 Å². The van der Waals surface area contributed by atoms with Gasteiger partial charge in [-0.05, 0) is 0 Å². The van der Waals surface area contributed by atoms with Crippen molar-refractivity contribution in [1.29, 1.82) is 0 Å². The molecule has 0 amide bonds. The lowest BCUT2D eigenvalue weighted by molar-refractivity contribution is -0.320. The highest BCUT2D eigenvalue weighted by atomic mass is 16.4. The number of rotatable bonds is 4. The van der Waals surface area contributed by atoms with Crippen LogP contribution < -0.4 is 10.2 Å². The average molecular weight is 162 g/mol. The maximum absolute atomic E-state index is 9.79. The van der Waals surface area contributed by atoms with Gasteiger partial charge in [-0.2, -0.15) is 0 Å². The number of carbonyl (C=O) groups excluding carboxylic acids is 2. The average Bonchev–Trinajstić information content (AvgIpc) is 1.84. The number of hydrogen-bond donors (Lipinski definition) is 2. The number of aliphatic carboxylic acids is 2.